The van der Waals surface area contributed by atoms with Crippen LogP contribution in [0.1, 0.15) is 6.04 Å². The Hall–Kier alpha value is -0.870. The molecule has 1 saturated heterocycles. The fraction of sp³-hybridized carbons (Fsp3) is 0.625. The van der Waals surface area contributed by atoms with Crippen LogP contribution in [-0.2, 0) is 4.74 Å². The van der Waals surface area contributed by atoms with Gasteiger partial charge in [-0.25, -0.2) is 0 Å². The Bertz CT molecular complexity index is 234. The Morgan fingerprint density at radius 3 is 3.17 bits per heavy atom. The summed E-state index contributed by atoms with van der Waals surface area (Å²) in [5, 5.41) is 7.47. The third kappa shape index (κ3) is 1.23. The molecule has 0 bridgehead atoms. The second kappa shape index (κ2) is 3.25. The molecule has 0 aromatic carbocycles. The Morgan fingerprint density at radius 1 is 1.58 bits per heavy atom. The van der Waals surface area contributed by atoms with Gasteiger partial charge in [-0.1, -0.05) is 0 Å². The van der Waals surface area contributed by atoms with Gasteiger partial charge in [0, 0.05) is 32.6 Å². The van der Waals surface area contributed by atoms with Gasteiger partial charge in [-0.05, 0) is 6.07 Å². The SMILES string of the molecule is CO[C@@H]1CNC[C@H]1n1cccn1. The smallest absolute Gasteiger partial charge is 0.0931 e. The minimum absolute atomic E-state index is 0.255. The summed E-state index contributed by atoms with van der Waals surface area (Å²) in [4.78, 5) is 0. The highest BCUT2D eigenvalue weighted by atomic mass is 16.5. The van der Waals surface area contributed by atoms with Crippen molar-refractivity contribution >= 4 is 0 Å². The largest absolute Gasteiger partial charge is 0.378 e. The van der Waals surface area contributed by atoms with Gasteiger partial charge in [0.15, 0.2) is 0 Å². The number of hydrogen-bond donors (Lipinski definition) is 1. The van der Waals surface area contributed by atoms with Crippen LogP contribution in [0.4, 0.5) is 0 Å². The van der Waals surface area contributed by atoms with Crippen LogP contribution >= 0.6 is 0 Å². The molecule has 0 spiro atoms. The first kappa shape index (κ1) is 7.76. The minimum atomic E-state index is 0.255. The first-order chi connectivity index (χ1) is 5.92. The van der Waals surface area contributed by atoms with E-state index in [1.165, 1.54) is 0 Å². The van der Waals surface area contributed by atoms with Crippen LogP contribution in [0.15, 0.2) is 18.5 Å². The maximum absolute atomic E-state index is 5.32. The van der Waals surface area contributed by atoms with E-state index < -0.39 is 0 Å². The average molecular weight is 167 g/mol. The van der Waals surface area contributed by atoms with E-state index in [9.17, 15) is 0 Å². The minimum Gasteiger partial charge on any atom is -0.378 e. The fourth-order valence-corrected chi connectivity index (χ4v) is 1.62. The topological polar surface area (TPSA) is 39.1 Å². The number of rotatable bonds is 2. The fourth-order valence-electron chi connectivity index (χ4n) is 1.62. The Kier molecular flexibility index (Phi) is 2.10. The molecule has 0 aliphatic carbocycles. The molecular formula is C8H13N3O. The maximum Gasteiger partial charge on any atom is 0.0931 e. The number of ether oxygens (including phenoxy) is 1. The first-order valence-electron chi connectivity index (χ1n) is 4.14. The summed E-state index contributed by atoms with van der Waals surface area (Å²) in [6.07, 6.45) is 4.03. The van der Waals surface area contributed by atoms with Gasteiger partial charge in [0.2, 0.25) is 0 Å². The molecule has 4 nitrogen and oxygen atoms in total. The normalized spacial score (nSPS) is 29.4. The van der Waals surface area contributed by atoms with Crippen LogP contribution in [0.25, 0.3) is 0 Å². The monoisotopic (exact) mass is 167 g/mol. The zero-order chi connectivity index (χ0) is 8.39. The summed E-state index contributed by atoms with van der Waals surface area (Å²) in [7, 11) is 1.74. The van der Waals surface area contributed by atoms with Crippen molar-refractivity contribution in [2.45, 2.75) is 12.1 Å². The standard InChI is InChI=1S/C8H13N3O/c1-12-8-6-9-5-7(8)11-4-2-3-10-11/h2-4,7-9H,5-6H2,1H3/t7-,8-/m1/s1. The van der Waals surface area contributed by atoms with Crippen LogP contribution in [-0.4, -0.2) is 36.1 Å². The van der Waals surface area contributed by atoms with Gasteiger partial charge >= 0.3 is 0 Å². The van der Waals surface area contributed by atoms with E-state index in [-0.39, 0.29) is 6.10 Å². The van der Waals surface area contributed by atoms with Crippen molar-refractivity contribution in [2.24, 2.45) is 0 Å². The van der Waals surface area contributed by atoms with Crippen LogP contribution in [0.3, 0.4) is 0 Å². The van der Waals surface area contributed by atoms with Crippen LogP contribution in [0.2, 0.25) is 0 Å². The lowest BCUT2D eigenvalue weighted by atomic mass is 10.2. The Labute approximate surface area is 71.5 Å². The quantitative estimate of drug-likeness (QED) is 0.676. The molecular weight excluding hydrogens is 154 g/mol. The highest BCUT2D eigenvalue weighted by Gasteiger charge is 2.28. The number of aromatic nitrogens is 2. The van der Waals surface area contributed by atoms with Crippen LogP contribution < -0.4 is 5.32 Å². The molecule has 2 rings (SSSR count). The highest BCUT2D eigenvalue weighted by Crippen LogP contribution is 2.16. The third-order valence-corrected chi connectivity index (χ3v) is 2.30. The molecule has 1 aliphatic rings. The molecule has 2 atom stereocenters. The second-order valence-electron chi connectivity index (χ2n) is 2.99. The zero-order valence-corrected chi connectivity index (χ0v) is 7.10. The van der Waals surface area contributed by atoms with Gasteiger partial charge in [0.05, 0.1) is 12.1 Å². The number of nitrogens with one attached hydrogen (secondary N) is 1. The van der Waals surface area contributed by atoms with Gasteiger partial charge in [0.25, 0.3) is 0 Å². The second-order valence-corrected chi connectivity index (χ2v) is 2.99. The predicted octanol–water partition coefficient (Wildman–Crippen LogP) is 0.0424. The van der Waals surface area contributed by atoms with Crippen molar-refractivity contribution in [3.05, 3.63) is 18.5 Å². The molecule has 1 aliphatic heterocycles. The zero-order valence-electron chi connectivity index (χ0n) is 7.10. The lowest BCUT2D eigenvalue weighted by Crippen LogP contribution is -2.24. The van der Waals surface area contributed by atoms with Crippen LogP contribution in [0, 0.1) is 0 Å². The molecule has 2 heterocycles. The summed E-state index contributed by atoms with van der Waals surface area (Å²) in [5.74, 6) is 0. The van der Waals surface area contributed by atoms with Crippen molar-refractivity contribution in [3.8, 4) is 0 Å². The van der Waals surface area contributed by atoms with Crippen LogP contribution in [0.5, 0.6) is 0 Å². The van der Waals surface area contributed by atoms with E-state index in [1.807, 2.05) is 16.9 Å². The van der Waals surface area contributed by atoms with Gasteiger partial charge in [-0.3, -0.25) is 4.68 Å². The first-order valence-corrected chi connectivity index (χ1v) is 4.14. The molecule has 1 fully saturated rings. The molecule has 4 heteroatoms. The van der Waals surface area contributed by atoms with E-state index in [4.69, 9.17) is 4.74 Å². The predicted molar refractivity (Wildman–Crippen MR) is 44.9 cm³/mol. The van der Waals surface area contributed by atoms with Gasteiger partial charge in [-0.15, -0.1) is 0 Å². The van der Waals surface area contributed by atoms with E-state index in [2.05, 4.69) is 10.4 Å². The van der Waals surface area contributed by atoms with E-state index in [0.717, 1.165) is 13.1 Å². The van der Waals surface area contributed by atoms with Crippen molar-refractivity contribution < 1.29 is 4.74 Å². The summed E-state index contributed by atoms with van der Waals surface area (Å²) in [6.45, 7) is 1.86. The van der Waals surface area contributed by atoms with Crippen molar-refractivity contribution in [1.29, 1.82) is 0 Å². The number of nitrogens with zero attached hydrogens (tertiary/aromatic N) is 2. The molecule has 12 heavy (non-hydrogen) atoms. The van der Waals surface area contributed by atoms with Crippen molar-refractivity contribution in [3.63, 3.8) is 0 Å². The van der Waals surface area contributed by atoms with E-state index >= 15 is 0 Å². The van der Waals surface area contributed by atoms with E-state index in [1.54, 1.807) is 13.3 Å². The lowest BCUT2D eigenvalue weighted by Gasteiger charge is -2.16. The molecule has 0 saturated carbocycles. The molecule has 0 unspecified atom stereocenters. The number of hydrogen-bond acceptors (Lipinski definition) is 3. The number of methoxy groups -OCH3 is 1. The summed E-state index contributed by atoms with van der Waals surface area (Å²) in [6, 6.07) is 2.29. The maximum atomic E-state index is 5.32. The summed E-state index contributed by atoms with van der Waals surface area (Å²) < 4.78 is 7.28. The van der Waals surface area contributed by atoms with Gasteiger partial charge < -0.3 is 10.1 Å². The molecule has 1 N–H and O–H groups in total. The molecule has 0 radical (unpaired) electrons. The Balaban J connectivity index is 2.13. The lowest BCUT2D eigenvalue weighted by molar-refractivity contribution is 0.0826. The molecule has 1 aromatic rings. The third-order valence-electron chi connectivity index (χ3n) is 2.30. The highest BCUT2D eigenvalue weighted by molar-refractivity contribution is 4.90. The van der Waals surface area contributed by atoms with E-state index in [0.29, 0.717) is 6.04 Å². The summed E-state index contributed by atoms with van der Waals surface area (Å²) in [5.41, 5.74) is 0. The Morgan fingerprint density at radius 2 is 2.50 bits per heavy atom. The molecule has 0 amide bonds. The average Bonchev–Trinajstić information content (AvgIpc) is 2.74. The summed E-state index contributed by atoms with van der Waals surface area (Å²) >= 11 is 0. The van der Waals surface area contributed by atoms with Gasteiger partial charge in [0.1, 0.15) is 0 Å². The molecule has 66 valence electrons. The van der Waals surface area contributed by atoms with Gasteiger partial charge in [-0.2, -0.15) is 5.10 Å². The molecule has 1 aromatic heterocycles. The van der Waals surface area contributed by atoms with Crippen molar-refractivity contribution in [2.75, 3.05) is 20.2 Å². The van der Waals surface area contributed by atoms with Crippen molar-refractivity contribution in [1.82, 2.24) is 15.1 Å².